The summed E-state index contributed by atoms with van der Waals surface area (Å²) in [7, 11) is 0. The van der Waals surface area contributed by atoms with Crippen LogP contribution in [-0.2, 0) is 6.54 Å². The topological polar surface area (TPSA) is 81.1 Å². The van der Waals surface area contributed by atoms with E-state index in [0.29, 0.717) is 12.5 Å². The monoisotopic (exact) mass is 211 g/mol. The number of nitrogen functional groups attached to an aromatic ring is 1. The zero-order valence-corrected chi connectivity index (χ0v) is 9.10. The second kappa shape index (κ2) is 4.82. The van der Waals surface area contributed by atoms with E-state index in [4.69, 9.17) is 10.8 Å². The molecule has 0 bridgehead atoms. The van der Waals surface area contributed by atoms with Crippen molar-refractivity contribution in [1.82, 2.24) is 9.78 Å². The zero-order valence-electron chi connectivity index (χ0n) is 9.10. The normalized spacial score (nSPS) is 12.7. The van der Waals surface area contributed by atoms with Gasteiger partial charge in [-0.1, -0.05) is 20.3 Å². The number of rotatable bonds is 5. The van der Waals surface area contributed by atoms with Crippen LogP contribution >= 0.6 is 0 Å². The van der Waals surface area contributed by atoms with Gasteiger partial charge in [0.1, 0.15) is 0 Å². The smallest absolute Gasteiger partial charge is 0.358 e. The molecule has 1 aromatic rings. The first kappa shape index (κ1) is 11.6. The van der Waals surface area contributed by atoms with Crippen molar-refractivity contribution in [2.24, 2.45) is 5.92 Å². The molecule has 5 nitrogen and oxygen atoms in total. The standard InChI is InChI=1S/C10H17N3O2/c1-3-4-7(2)5-13-6-8(11)9(12-13)10(14)15/h6-7H,3-5,11H2,1-2H3,(H,14,15). The molecule has 0 amide bonds. The highest BCUT2D eigenvalue weighted by Crippen LogP contribution is 2.12. The molecule has 0 fully saturated rings. The van der Waals surface area contributed by atoms with E-state index in [-0.39, 0.29) is 11.4 Å². The number of nitrogens with zero attached hydrogens (tertiary/aromatic N) is 2. The highest BCUT2D eigenvalue weighted by atomic mass is 16.4. The van der Waals surface area contributed by atoms with E-state index in [1.54, 1.807) is 10.9 Å². The Morgan fingerprint density at radius 2 is 2.40 bits per heavy atom. The summed E-state index contributed by atoms with van der Waals surface area (Å²) in [5, 5.41) is 12.7. The van der Waals surface area contributed by atoms with Crippen LogP contribution in [0.2, 0.25) is 0 Å². The molecule has 0 spiro atoms. The summed E-state index contributed by atoms with van der Waals surface area (Å²) in [6.07, 6.45) is 3.79. The molecule has 0 aliphatic heterocycles. The van der Waals surface area contributed by atoms with Crippen LogP contribution in [0.4, 0.5) is 5.69 Å². The summed E-state index contributed by atoms with van der Waals surface area (Å²) < 4.78 is 1.61. The van der Waals surface area contributed by atoms with Gasteiger partial charge in [-0.3, -0.25) is 4.68 Å². The van der Waals surface area contributed by atoms with E-state index < -0.39 is 5.97 Å². The first-order chi connectivity index (χ1) is 7.04. The highest BCUT2D eigenvalue weighted by molar-refractivity contribution is 5.91. The molecule has 1 rings (SSSR count). The molecule has 5 heteroatoms. The minimum atomic E-state index is -1.07. The summed E-state index contributed by atoms with van der Waals surface area (Å²) in [4.78, 5) is 10.7. The van der Waals surface area contributed by atoms with Gasteiger partial charge in [-0.05, 0) is 12.3 Å². The van der Waals surface area contributed by atoms with Crippen LogP contribution in [0, 0.1) is 5.92 Å². The maximum absolute atomic E-state index is 10.7. The third kappa shape index (κ3) is 2.97. The number of hydrogen-bond acceptors (Lipinski definition) is 3. The molecule has 3 N–H and O–H groups in total. The maximum Gasteiger partial charge on any atom is 0.358 e. The molecule has 0 aromatic carbocycles. The average molecular weight is 211 g/mol. The molecule has 84 valence electrons. The van der Waals surface area contributed by atoms with Crippen molar-refractivity contribution in [2.75, 3.05) is 5.73 Å². The van der Waals surface area contributed by atoms with E-state index in [1.807, 2.05) is 0 Å². The molecular weight excluding hydrogens is 194 g/mol. The molecule has 1 atom stereocenters. The van der Waals surface area contributed by atoms with Crippen molar-refractivity contribution in [3.05, 3.63) is 11.9 Å². The average Bonchev–Trinajstić information content (AvgIpc) is 2.47. The lowest BCUT2D eigenvalue weighted by Crippen LogP contribution is -2.09. The highest BCUT2D eigenvalue weighted by Gasteiger charge is 2.13. The Morgan fingerprint density at radius 1 is 1.73 bits per heavy atom. The van der Waals surface area contributed by atoms with Crippen LogP contribution < -0.4 is 5.73 Å². The Hall–Kier alpha value is -1.52. The van der Waals surface area contributed by atoms with Gasteiger partial charge in [0.15, 0.2) is 5.69 Å². The van der Waals surface area contributed by atoms with Crippen molar-refractivity contribution < 1.29 is 9.90 Å². The Bertz CT molecular complexity index is 346. The maximum atomic E-state index is 10.7. The number of anilines is 1. The lowest BCUT2D eigenvalue weighted by atomic mass is 10.1. The minimum Gasteiger partial charge on any atom is -0.476 e. The summed E-state index contributed by atoms with van der Waals surface area (Å²) in [6, 6.07) is 0. The number of carboxylic acid groups (broad SMARTS) is 1. The largest absolute Gasteiger partial charge is 0.476 e. The van der Waals surface area contributed by atoms with Gasteiger partial charge in [0, 0.05) is 12.7 Å². The number of nitrogens with two attached hydrogens (primary N) is 1. The zero-order chi connectivity index (χ0) is 11.4. The van der Waals surface area contributed by atoms with Gasteiger partial charge in [-0.15, -0.1) is 0 Å². The van der Waals surface area contributed by atoms with Gasteiger partial charge in [0.05, 0.1) is 5.69 Å². The van der Waals surface area contributed by atoms with Crippen LogP contribution in [-0.4, -0.2) is 20.9 Å². The van der Waals surface area contributed by atoms with Gasteiger partial charge in [-0.2, -0.15) is 5.10 Å². The van der Waals surface area contributed by atoms with Gasteiger partial charge >= 0.3 is 5.97 Å². The molecular formula is C10H17N3O2. The lowest BCUT2D eigenvalue weighted by molar-refractivity contribution is 0.0690. The van der Waals surface area contributed by atoms with Crippen LogP contribution in [0.25, 0.3) is 0 Å². The molecule has 0 aliphatic carbocycles. The number of hydrogen-bond donors (Lipinski definition) is 2. The van der Waals surface area contributed by atoms with E-state index >= 15 is 0 Å². The molecule has 0 aliphatic rings. The van der Waals surface area contributed by atoms with Crippen molar-refractivity contribution in [3.63, 3.8) is 0 Å². The van der Waals surface area contributed by atoms with Gasteiger partial charge in [0.2, 0.25) is 0 Å². The third-order valence-electron chi connectivity index (χ3n) is 2.27. The molecule has 0 radical (unpaired) electrons. The molecule has 0 saturated heterocycles. The van der Waals surface area contributed by atoms with Crippen molar-refractivity contribution >= 4 is 11.7 Å². The number of aromatic nitrogens is 2. The Morgan fingerprint density at radius 3 is 2.87 bits per heavy atom. The molecule has 1 aromatic heterocycles. The summed E-state index contributed by atoms with van der Waals surface area (Å²) in [5.74, 6) is -0.592. The number of aromatic carboxylic acids is 1. The first-order valence-electron chi connectivity index (χ1n) is 5.10. The number of carbonyl (C=O) groups is 1. The minimum absolute atomic E-state index is 0.0568. The van der Waals surface area contributed by atoms with Crippen molar-refractivity contribution in [1.29, 1.82) is 0 Å². The van der Waals surface area contributed by atoms with E-state index in [0.717, 1.165) is 12.8 Å². The Kier molecular flexibility index (Phi) is 3.71. The fraction of sp³-hybridized carbons (Fsp3) is 0.600. The van der Waals surface area contributed by atoms with Crippen molar-refractivity contribution in [3.8, 4) is 0 Å². The summed E-state index contributed by atoms with van der Waals surface area (Å²) >= 11 is 0. The second-order valence-corrected chi connectivity index (χ2v) is 3.85. The fourth-order valence-corrected chi connectivity index (χ4v) is 1.60. The predicted octanol–water partition coefficient (Wildman–Crippen LogP) is 1.60. The molecule has 15 heavy (non-hydrogen) atoms. The van der Waals surface area contributed by atoms with Crippen LogP contribution in [0.15, 0.2) is 6.20 Å². The van der Waals surface area contributed by atoms with Gasteiger partial charge < -0.3 is 10.8 Å². The van der Waals surface area contributed by atoms with Gasteiger partial charge in [0.25, 0.3) is 0 Å². The van der Waals surface area contributed by atoms with Gasteiger partial charge in [-0.25, -0.2) is 4.79 Å². The summed E-state index contributed by atoms with van der Waals surface area (Å²) in [5.41, 5.74) is 5.70. The van der Waals surface area contributed by atoms with Crippen LogP contribution in [0.1, 0.15) is 37.2 Å². The SMILES string of the molecule is CCCC(C)Cn1cc(N)c(C(=O)O)n1. The fourth-order valence-electron chi connectivity index (χ4n) is 1.60. The summed E-state index contributed by atoms with van der Waals surface area (Å²) in [6.45, 7) is 4.95. The number of carboxylic acids is 1. The Labute approximate surface area is 88.9 Å². The Balaban J connectivity index is 2.71. The first-order valence-corrected chi connectivity index (χ1v) is 5.10. The van der Waals surface area contributed by atoms with E-state index in [2.05, 4.69) is 18.9 Å². The van der Waals surface area contributed by atoms with Crippen molar-refractivity contribution in [2.45, 2.75) is 33.2 Å². The molecule has 1 unspecified atom stereocenters. The van der Waals surface area contributed by atoms with Crippen LogP contribution in [0.5, 0.6) is 0 Å². The second-order valence-electron chi connectivity index (χ2n) is 3.85. The predicted molar refractivity (Wildman–Crippen MR) is 57.7 cm³/mol. The van der Waals surface area contributed by atoms with E-state index in [1.165, 1.54) is 0 Å². The molecule has 0 saturated carbocycles. The van der Waals surface area contributed by atoms with Crippen LogP contribution in [0.3, 0.4) is 0 Å². The quantitative estimate of drug-likeness (QED) is 0.775. The third-order valence-corrected chi connectivity index (χ3v) is 2.27. The lowest BCUT2D eigenvalue weighted by Gasteiger charge is -2.09. The van der Waals surface area contributed by atoms with E-state index in [9.17, 15) is 4.79 Å². The molecule has 1 heterocycles.